The molecule has 8 atom stereocenters. The van der Waals surface area contributed by atoms with Gasteiger partial charge >= 0.3 is 5.97 Å². The highest BCUT2D eigenvalue weighted by Gasteiger charge is 2.66. The van der Waals surface area contributed by atoms with Crippen molar-refractivity contribution in [2.75, 3.05) is 13.2 Å². The molecule has 3 aliphatic heterocycles. The fraction of sp³-hybridized carbons (Fsp3) is 0.600. The van der Waals surface area contributed by atoms with Gasteiger partial charge in [-0.05, 0) is 74.5 Å². The monoisotopic (exact) mass is 582 g/mol. The highest BCUT2D eigenvalue weighted by atomic mass is 79.9. The van der Waals surface area contributed by atoms with Crippen molar-refractivity contribution in [3.8, 4) is 11.3 Å². The molecule has 0 spiro atoms. The number of aromatic amines is 1. The van der Waals surface area contributed by atoms with Crippen molar-refractivity contribution in [2.24, 2.45) is 22.7 Å². The predicted molar refractivity (Wildman–Crippen MR) is 144 cm³/mol. The van der Waals surface area contributed by atoms with Crippen molar-refractivity contribution in [1.29, 1.82) is 0 Å². The van der Waals surface area contributed by atoms with Crippen molar-refractivity contribution in [2.45, 2.75) is 77.0 Å². The fourth-order valence-corrected chi connectivity index (χ4v) is 8.99. The molecule has 7 nitrogen and oxygen atoms in total. The Morgan fingerprint density at radius 3 is 2.63 bits per heavy atom. The van der Waals surface area contributed by atoms with E-state index in [0.29, 0.717) is 25.0 Å². The summed E-state index contributed by atoms with van der Waals surface area (Å²) in [4.78, 5) is 12.3. The van der Waals surface area contributed by atoms with E-state index in [4.69, 9.17) is 18.9 Å². The van der Waals surface area contributed by atoms with Crippen molar-refractivity contribution < 1.29 is 23.7 Å². The smallest absolute Gasteiger partial charge is 0.336 e. The number of hydrogen-bond donors (Lipinski definition) is 1. The van der Waals surface area contributed by atoms with E-state index in [2.05, 4.69) is 59.0 Å². The van der Waals surface area contributed by atoms with Crippen LogP contribution in [0, 0.1) is 22.7 Å². The number of nitrogens with one attached hydrogen (secondary N) is 1. The minimum absolute atomic E-state index is 0.0873. The van der Waals surface area contributed by atoms with Gasteiger partial charge in [-0.2, -0.15) is 5.10 Å². The average Bonchev–Trinajstić information content (AvgIpc) is 3.62. The number of esters is 1. The summed E-state index contributed by atoms with van der Waals surface area (Å²) in [6.07, 6.45) is 8.24. The number of halogens is 1. The zero-order chi connectivity index (χ0) is 26.3. The van der Waals surface area contributed by atoms with Crippen LogP contribution in [0.1, 0.15) is 64.7 Å². The molecule has 0 bridgehead atoms. The molecule has 4 fully saturated rings. The van der Waals surface area contributed by atoms with Gasteiger partial charge in [0.2, 0.25) is 0 Å². The third-order valence-electron chi connectivity index (χ3n) is 10.6. The molecule has 5 aliphatic rings. The van der Waals surface area contributed by atoms with Crippen LogP contribution in [0.15, 0.2) is 46.6 Å². The van der Waals surface area contributed by atoms with E-state index < -0.39 is 6.29 Å². The third kappa shape index (κ3) is 3.63. The molecule has 2 saturated heterocycles. The summed E-state index contributed by atoms with van der Waals surface area (Å²) >= 11 is 3.52. The van der Waals surface area contributed by atoms with Crippen LogP contribution in [0.5, 0.6) is 0 Å². The van der Waals surface area contributed by atoms with Crippen LogP contribution in [-0.2, 0) is 23.7 Å². The van der Waals surface area contributed by atoms with E-state index in [1.807, 2.05) is 24.4 Å². The zero-order valence-electron chi connectivity index (χ0n) is 22.2. The van der Waals surface area contributed by atoms with Crippen LogP contribution in [-0.4, -0.2) is 47.2 Å². The molecule has 2 aromatic rings. The number of rotatable bonds is 3. The number of H-pyrrole nitrogens is 1. The van der Waals surface area contributed by atoms with Crippen molar-refractivity contribution in [1.82, 2.24) is 10.2 Å². The maximum Gasteiger partial charge on any atom is 0.336 e. The number of cyclic esters (lactones) is 1. The second-order valence-electron chi connectivity index (χ2n) is 12.6. The van der Waals surface area contributed by atoms with Gasteiger partial charge in [0.1, 0.15) is 6.61 Å². The number of nitrogens with zero attached hydrogens (tertiary/aromatic N) is 1. The third-order valence-corrected chi connectivity index (χ3v) is 11.1. The summed E-state index contributed by atoms with van der Waals surface area (Å²) in [6, 6.07) is 8.19. The maximum atomic E-state index is 12.3. The minimum atomic E-state index is -0.441. The van der Waals surface area contributed by atoms with Gasteiger partial charge in [0.15, 0.2) is 6.29 Å². The normalized spacial score (nSPS) is 42.2. The Morgan fingerprint density at radius 1 is 1.05 bits per heavy atom. The van der Waals surface area contributed by atoms with Gasteiger partial charge in [-0.1, -0.05) is 41.9 Å². The molecule has 202 valence electrons. The number of carbonyl (C=O) groups excluding carboxylic acids is 1. The Kier molecular flexibility index (Phi) is 5.76. The number of benzene rings is 1. The molecule has 38 heavy (non-hydrogen) atoms. The predicted octanol–water partition coefficient (Wildman–Crippen LogP) is 6.12. The second kappa shape index (κ2) is 8.75. The first-order valence-corrected chi connectivity index (χ1v) is 14.6. The van der Waals surface area contributed by atoms with E-state index in [1.54, 1.807) is 0 Å². The highest BCUT2D eigenvalue weighted by Crippen LogP contribution is 2.67. The Bertz CT molecular complexity index is 1290. The maximum absolute atomic E-state index is 12.3. The molecule has 1 aromatic heterocycles. The first-order valence-electron chi connectivity index (χ1n) is 13.8. The summed E-state index contributed by atoms with van der Waals surface area (Å²) in [6.45, 7) is 8.11. The molecule has 8 heteroatoms. The second-order valence-corrected chi connectivity index (χ2v) is 13.5. The topological polar surface area (TPSA) is 82.7 Å². The molecular weight excluding hydrogens is 548 g/mol. The molecular formula is C30H35BrN2O5. The van der Waals surface area contributed by atoms with E-state index >= 15 is 0 Å². The summed E-state index contributed by atoms with van der Waals surface area (Å²) < 4.78 is 26.2. The number of aromatic nitrogens is 2. The van der Waals surface area contributed by atoms with Gasteiger partial charge in [0.25, 0.3) is 0 Å². The lowest BCUT2D eigenvalue weighted by molar-refractivity contribution is -0.314. The Hall–Kier alpha value is -2.00. The van der Waals surface area contributed by atoms with Crippen LogP contribution in [0.25, 0.3) is 11.3 Å². The largest absolute Gasteiger partial charge is 0.458 e. The van der Waals surface area contributed by atoms with Crippen molar-refractivity contribution in [3.63, 3.8) is 0 Å². The van der Waals surface area contributed by atoms with Crippen LogP contribution in [0.2, 0.25) is 0 Å². The molecule has 4 heterocycles. The van der Waals surface area contributed by atoms with Gasteiger partial charge < -0.3 is 18.9 Å². The lowest BCUT2D eigenvalue weighted by Gasteiger charge is -2.64. The molecule has 0 amide bonds. The van der Waals surface area contributed by atoms with Crippen molar-refractivity contribution in [3.05, 3.63) is 52.1 Å². The highest BCUT2D eigenvalue weighted by molar-refractivity contribution is 9.10. The fourth-order valence-electron chi connectivity index (χ4n) is 8.72. The Morgan fingerprint density at radius 2 is 1.87 bits per heavy atom. The number of hydrogen-bond acceptors (Lipinski definition) is 6. The van der Waals surface area contributed by atoms with E-state index in [0.717, 1.165) is 59.0 Å². The van der Waals surface area contributed by atoms with Gasteiger partial charge in [0, 0.05) is 15.5 Å². The summed E-state index contributed by atoms with van der Waals surface area (Å²) in [5.41, 5.74) is 3.44. The number of carbonyl (C=O) groups is 1. The van der Waals surface area contributed by atoms with E-state index in [-0.39, 0.29) is 34.6 Å². The minimum Gasteiger partial charge on any atom is -0.458 e. The first-order chi connectivity index (χ1) is 18.2. The first kappa shape index (κ1) is 25.0. The molecule has 2 aliphatic carbocycles. The molecule has 7 rings (SSSR count). The molecule has 1 N–H and O–H groups in total. The van der Waals surface area contributed by atoms with Gasteiger partial charge in [-0.15, -0.1) is 0 Å². The van der Waals surface area contributed by atoms with E-state index in [1.165, 1.54) is 0 Å². The number of ether oxygens (including phenoxy) is 4. The average molecular weight is 584 g/mol. The van der Waals surface area contributed by atoms with Crippen LogP contribution in [0.3, 0.4) is 0 Å². The summed E-state index contributed by atoms with van der Waals surface area (Å²) in [5, 5.41) is 7.49. The summed E-state index contributed by atoms with van der Waals surface area (Å²) in [5.74, 6) is 0.618. The lowest BCUT2D eigenvalue weighted by Crippen LogP contribution is -2.63. The van der Waals surface area contributed by atoms with Crippen molar-refractivity contribution >= 4 is 21.9 Å². The Balaban J connectivity index is 1.13. The quantitative estimate of drug-likeness (QED) is 0.439. The number of fused-ring (bicyclic) bond motifs is 5. The molecule has 0 radical (unpaired) electrons. The molecule has 2 saturated carbocycles. The van der Waals surface area contributed by atoms with Gasteiger partial charge in [0.05, 0.1) is 47.4 Å². The summed E-state index contributed by atoms with van der Waals surface area (Å²) in [7, 11) is 0. The van der Waals surface area contributed by atoms with Crippen LogP contribution >= 0.6 is 15.9 Å². The van der Waals surface area contributed by atoms with Crippen LogP contribution in [0.4, 0.5) is 0 Å². The van der Waals surface area contributed by atoms with Crippen LogP contribution < -0.4 is 0 Å². The SMILES string of the molecule is CC12CC[C@@H]3[C@]4(C)COC(c5cn[nH]c5-c5ccc(Br)cc5)O[C@@H]4CC[C@@]3(C)[C@@H]1CC(C1=CCOC1=O)O2. The standard InChI is InChI=1S/C30H35BrN2O5/c1-28-11-9-24-29(2,16-36-27(37-24)20-15-32-33-25(20)17-4-6-18(31)7-5-17)22(28)8-12-30(3)23(28)14-21(38-30)19-10-13-35-26(19)34/h4-7,10,15,21-24,27H,8-9,11-14,16H2,1-3H3,(H,32,33)/t21?,22-,23-,24+,27?,28+,29-,30?/m0/s1. The molecule has 3 unspecified atom stereocenters. The van der Waals surface area contributed by atoms with E-state index in [9.17, 15) is 4.79 Å². The zero-order valence-corrected chi connectivity index (χ0v) is 23.8. The molecule has 1 aromatic carbocycles. The van der Waals surface area contributed by atoms with Gasteiger partial charge in [-0.3, -0.25) is 5.10 Å². The Labute approximate surface area is 231 Å². The van der Waals surface area contributed by atoms with Gasteiger partial charge in [-0.25, -0.2) is 4.79 Å². The lowest BCUT2D eigenvalue weighted by atomic mass is 9.44.